The van der Waals surface area contributed by atoms with Crippen molar-refractivity contribution in [3.8, 4) is 0 Å². The van der Waals surface area contributed by atoms with Gasteiger partial charge in [-0.3, -0.25) is 4.79 Å². The molecular formula is C16H18N4O. The van der Waals surface area contributed by atoms with Crippen molar-refractivity contribution in [1.82, 2.24) is 19.9 Å². The number of nitrogens with one attached hydrogen (secondary N) is 2. The van der Waals surface area contributed by atoms with Crippen molar-refractivity contribution in [2.24, 2.45) is 0 Å². The molecule has 0 saturated carbocycles. The standard InChI is InChI=1S/C16H18N4O/c1-11(17-2)12-7-8-20(9-12)10-15-18-14-6-4-3-5-13(14)16(21)19-15/h3-9,11,17H,10H2,1-2H3,(H,18,19,21). The molecule has 0 radical (unpaired) electrons. The number of benzene rings is 1. The lowest BCUT2D eigenvalue weighted by atomic mass is 10.2. The lowest BCUT2D eigenvalue weighted by Gasteiger charge is -2.07. The molecule has 1 unspecified atom stereocenters. The summed E-state index contributed by atoms with van der Waals surface area (Å²) in [6.45, 7) is 2.66. The summed E-state index contributed by atoms with van der Waals surface area (Å²) in [5.74, 6) is 0.665. The number of hydrogen-bond donors (Lipinski definition) is 2. The van der Waals surface area contributed by atoms with Crippen LogP contribution >= 0.6 is 0 Å². The lowest BCUT2D eigenvalue weighted by molar-refractivity contribution is 0.647. The fourth-order valence-corrected chi connectivity index (χ4v) is 2.36. The summed E-state index contributed by atoms with van der Waals surface area (Å²) in [4.78, 5) is 19.4. The van der Waals surface area contributed by atoms with Crippen LogP contribution in [0.25, 0.3) is 10.9 Å². The van der Waals surface area contributed by atoms with Crippen LogP contribution in [0, 0.1) is 0 Å². The van der Waals surface area contributed by atoms with Gasteiger partial charge in [-0.15, -0.1) is 0 Å². The highest BCUT2D eigenvalue weighted by Gasteiger charge is 2.07. The van der Waals surface area contributed by atoms with E-state index in [4.69, 9.17) is 0 Å². The second kappa shape index (κ2) is 5.54. The molecular weight excluding hydrogens is 264 g/mol. The van der Waals surface area contributed by atoms with Crippen LogP contribution in [0.4, 0.5) is 0 Å². The third-order valence-electron chi connectivity index (χ3n) is 3.70. The van der Waals surface area contributed by atoms with E-state index in [2.05, 4.69) is 34.5 Å². The van der Waals surface area contributed by atoms with Crippen molar-refractivity contribution in [2.45, 2.75) is 19.5 Å². The minimum atomic E-state index is -0.0911. The molecule has 0 saturated heterocycles. The van der Waals surface area contributed by atoms with E-state index < -0.39 is 0 Å². The predicted octanol–water partition coefficient (Wildman–Crippen LogP) is 2.05. The number of aromatic nitrogens is 3. The first-order chi connectivity index (χ1) is 10.2. The van der Waals surface area contributed by atoms with Crippen LogP contribution in [0.1, 0.15) is 24.4 Å². The largest absolute Gasteiger partial charge is 0.346 e. The number of para-hydroxylation sites is 1. The number of H-pyrrole nitrogens is 1. The van der Waals surface area contributed by atoms with Gasteiger partial charge < -0.3 is 14.9 Å². The third-order valence-corrected chi connectivity index (χ3v) is 3.70. The zero-order valence-corrected chi connectivity index (χ0v) is 12.1. The quantitative estimate of drug-likeness (QED) is 0.770. The summed E-state index contributed by atoms with van der Waals surface area (Å²) < 4.78 is 2.02. The minimum absolute atomic E-state index is 0.0911. The van der Waals surface area contributed by atoms with Crippen LogP contribution in [0.15, 0.2) is 47.5 Å². The Bertz CT molecular complexity index is 818. The van der Waals surface area contributed by atoms with Crippen LogP contribution < -0.4 is 10.9 Å². The molecule has 1 aromatic carbocycles. The van der Waals surface area contributed by atoms with Gasteiger partial charge in [-0.2, -0.15) is 0 Å². The molecule has 21 heavy (non-hydrogen) atoms. The lowest BCUT2D eigenvalue weighted by Crippen LogP contribution is -2.14. The first-order valence-electron chi connectivity index (χ1n) is 6.98. The van der Waals surface area contributed by atoms with E-state index in [1.807, 2.05) is 36.0 Å². The zero-order valence-electron chi connectivity index (χ0n) is 12.1. The summed E-state index contributed by atoms with van der Waals surface area (Å²) in [7, 11) is 1.93. The van der Waals surface area contributed by atoms with E-state index in [-0.39, 0.29) is 5.56 Å². The minimum Gasteiger partial charge on any atom is -0.346 e. The Balaban J connectivity index is 1.91. The maximum Gasteiger partial charge on any atom is 0.258 e. The Morgan fingerprint density at radius 3 is 2.95 bits per heavy atom. The van der Waals surface area contributed by atoms with E-state index >= 15 is 0 Å². The van der Waals surface area contributed by atoms with Gasteiger partial charge in [-0.25, -0.2) is 4.98 Å². The molecule has 2 aromatic heterocycles. The highest BCUT2D eigenvalue weighted by Crippen LogP contribution is 2.13. The number of rotatable bonds is 4. The van der Waals surface area contributed by atoms with Gasteiger partial charge in [-0.1, -0.05) is 12.1 Å². The summed E-state index contributed by atoms with van der Waals surface area (Å²) in [6.07, 6.45) is 4.06. The smallest absolute Gasteiger partial charge is 0.258 e. The van der Waals surface area contributed by atoms with Gasteiger partial charge >= 0.3 is 0 Å². The maximum atomic E-state index is 12.0. The van der Waals surface area contributed by atoms with Crippen LogP contribution in [0.3, 0.4) is 0 Å². The van der Waals surface area contributed by atoms with Gasteiger partial charge in [0.25, 0.3) is 5.56 Å². The monoisotopic (exact) mass is 282 g/mol. The van der Waals surface area contributed by atoms with Crippen molar-refractivity contribution in [2.75, 3.05) is 7.05 Å². The van der Waals surface area contributed by atoms with Crippen LogP contribution in [0.2, 0.25) is 0 Å². The third kappa shape index (κ3) is 2.73. The topological polar surface area (TPSA) is 62.7 Å². The highest BCUT2D eigenvalue weighted by atomic mass is 16.1. The Kier molecular flexibility index (Phi) is 3.58. The van der Waals surface area contributed by atoms with Gasteiger partial charge in [0.1, 0.15) is 5.82 Å². The second-order valence-corrected chi connectivity index (χ2v) is 5.16. The van der Waals surface area contributed by atoms with Crippen LogP contribution in [-0.4, -0.2) is 21.6 Å². The average Bonchev–Trinajstić information content (AvgIpc) is 2.95. The Labute approximate surface area is 122 Å². The van der Waals surface area contributed by atoms with E-state index in [1.165, 1.54) is 5.56 Å². The van der Waals surface area contributed by atoms with Crippen LogP contribution in [0.5, 0.6) is 0 Å². The maximum absolute atomic E-state index is 12.0. The van der Waals surface area contributed by atoms with E-state index in [9.17, 15) is 4.79 Å². The molecule has 0 aliphatic carbocycles. The molecule has 2 N–H and O–H groups in total. The molecule has 0 fully saturated rings. The van der Waals surface area contributed by atoms with Gasteiger partial charge in [0, 0.05) is 18.4 Å². The molecule has 0 spiro atoms. The van der Waals surface area contributed by atoms with Crippen molar-refractivity contribution in [3.05, 3.63) is 64.5 Å². The van der Waals surface area contributed by atoms with Crippen LogP contribution in [-0.2, 0) is 6.54 Å². The average molecular weight is 282 g/mol. The molecule has 2 heterocycles. The SMILES string of the molecule is CNC(C)c1ccn(Cc2nc3ccccc3c(=O)[nH]2)c1. The molecule has 3 rings (SSSR count). The summed E-state index contributed by atoms with van der Waals surface area (Å²) in [5, 5.41) is 3.83. The Hall–Kier alpha value is -2.40. The Morgan fingerprint density at radius 1 is 1.33 bits per heavy atom. The number of hydrogen-bond acceptors (Lipinski definition) is 3. The fraction of sp³-hybridized carbons (Fsp3) is 0.250. The Morgan fingerprint density at radius 2 is 2.14 bits per heavy atom. The molecule has 1 atom stereocenters. The van der Waals surface area contributed by atoms with E-state index in [1.54, 1.807) is 6.07 Å². The molecule has 108 valence electrons. The van der Waals surface area contributed by atoms with Gasteiger partial charge in [0.15, 0.2) is 0 Å². The summed E-state index contributed by atoms with van der Waals surface area (Å²) >= 11 is 0. The molecule has 0 aliphatic rings. The summed E-state index contributed by atoms with van der Waals surface area (Å²) in [6, 6.07) is 9.75. The summed E-state index contributed by atoms with van der Waals surface area (Å²) in [5.41, 5.74) is 1.85. The predicted molar refractivity (Wildman–Crippen MR) is 83.4 cm³/mol. The van der Waals surface area contributed by atoms with E-state index in [0.29, 0.717) is 23.8 Å². The van der Waals surface area contributed by atoms with Gasteiger partial charge in [-0.05, 0) is 37.7 Å². The van der Waals surface area contributed by atoms with Gasteiger partial charge in [0.2, 0.25) is 0 Å². The molecule has 5 nitrogen and oxygen atoms in total. The molecule has 3 aromatic rings. The molecule has 0 amide bonds. The molecule has 0 aliphatic heterocycles. The zero-order chi connectivity index (χ0) is 14.8. The van der Waals surface area contributed by atoms with Crippen molar-refractivity contribution < 1.29 is 0 Å². The molecule has 5 heteroatoms. The van der Waals surface area contributed by atoms with E-state index in [0.717, 1.165) is 5.52 Å². The first kappa shape index (κ1) is 13.6. The second-order valence-electron chi connectivity index (χ2n) is 5.16. The van der Waals surface area contributed by atoms with Crippen molar-refractivity contribution in [1.29, 1.82) is 0 Å². The number of fused-ring (bicyclic) bond motifs is 1. The molecule has 0 bridgehead atoms. The van der Waals surface area contributed by atoms with Crippen molar-refractivity contribution >= 4 is 10.9 Å². The van der Waals surface area contributed by atoms with Gasteiger partial charge in [0.05, 0.1) is 17.4 Å². The van der Waals surface area contributed by atoms with Crippen molar-refractivity contribution in [3.63, 3.8) is 0 Å². The number of nitrogens with zero attached hydrogens (tertiary/aromatic N) is 2. The normalized spacial score (nSPS) is 12.7. The fourth-order valence-electron chi connectivity index (χ4n) is 2.36. The highest BCUT2D eigenvalue weighted by molar-refractivity contribution is 5.77. The first-order valence-corrected chi connectivity index (χ1v) is 6.98. The number of aromatic amines is 1.